The van der Waals surface area contributed by atoms with Gasteiger partial charge in [0.1, 0.15) is 10.8 Å². The molecule has 4 nitrogen and oxygen atoms in total. The zero-order valence-electron chi connectivity index (χ0n) is 6.86. The Balaban J connectivity index is 2.24. The summed E-state index contributed by atoms with van der Waals surface area (Å²) in [6, 6.07) is 3.72. The van der Waals surface area contributed by atoms with Crippen molar-refractivity contribution in [1.82, 2.24) is 4.37 Å². The minimum absolute atomic E-state index is 0.571. The molecule has 0 saturated carbocycles. The first-order chi connectivity index (χ1) is 6.27. The molecule has 0 spiro atoms. The smallest absolute Gasteiger partial charge is 0.130 e. The number of aromatic nitrogens is 1. The maximum Gasteiger partial charge on any atom is 0.130 e. The molecule has 0 amide bonds. The Labute approximate surface area is 79.3 Å². The van der Waals surface area contributed by atoms with Gasteiger partial charge in [-0.2, -0.15) is 4.37 Å². The van der Waals surface area contributed by atoms with E-state index in [9.17, 15) is 0 Å². The summed E-state index contributed by atoms with van der Waals surface area (Å²) in [4.78, 5) is 0. The van der Waals surface area contributed by atoms with Crippen LogP contribution in [0.4, 0.5) is 10.7 Å². The second kappa shape index (κ2) is 3.10. The SMILES string of the molecule is Nc1snc(Cc2ccco2)c1N. The van der Waals surface area contributed by atoms with Crippen LogP contribution < -0.4 is 11.5 Å². The van der Waals surface area contributed by atoms with Crippen LogP contribution in [0.3, 0.4) is 0 Å². The van der Waals surface area contributed by atoms with E-state index in [4.69, 9.17) is 15.9 Å². The van der Waals surface area contributed by atoms with Crippen LogP contribution in [0.1, 0.15) is 11.5 Å². The van der Waals surface area contributed by atoms with E-state index in [1.165, 1.54) is 11.5 Å². The van der Waals surface area contributed by atoms with Crippen molar-refractivity contribution in [2.45, 2.75) is 6.42 Å². The van der Waals surface area contributed by atoms with Crippen molar-refractivity contribution >= 4 is 22.2 Å². The van der Waals surface area contributed by atoms with Crippen LogP contribution in [-0.4, -0.2) is 4.37 Å². The zero-order valence-corrected chi connectivity index (χ0v) is 7.67. The summed E-state index contributed by atoms with van der Waals surface area (Å²) in [5.41, 5.74) is 12.6. The highest BCUT2D eigenvalue weighted by Crippen LogP contribution is 2.25. The van der Waals surface area contributed by atoms with Crippen LogP contribution in [0, 0.1) is 0 Å². The van der Waals surface area contributed by atoms with Crippen LogP contribution in [0.15, 0.2) is 22.8 Å². The van der Waals surface area contributed by atoms with Crippen LogP contribution in [0.2, 0.25) is 0 Å². The second-order valence-electron chi connectivity index (χ2n) is 2.66. The van der Waals surface area contributed by atoms with E-state index in [-0.39, 0.29) is 0 Å². The van der Waals surface area contributed by atoms with Crippen molar-refractivity contribution in [3.05, 3.63) is 29.9 Å². The molecule has 0 saturated heterocycles. The average Bonchev–Trinajstić information content (AvgIpc) is 2.71. The summed E-state index contributed by atoms with van der Waals surface area (Å²) in [6.07, 6.45) is 2.23. The summed E-state index contributed by atoms with van der Waals surface area (Å²) < 4.78 is 9.29. The number of nitrogen functional groups attached to an aromatic ring is 2. The van der Waals surface area contributed by atoms with Crippen molar-refractivity contribution in [1.29, 1.82) is 0 Å². The quantitative estimate of drug-likeness (QED) is 0.761. The molecule has 4 N–H and O–H groups in total. The molecule has 13 heavy (non-hydrogen) atoms. The molecular formula is C8H9N3OS. The molecule has 2 heterocycles. The van der Waals surface area contributed by atoms with Gasteiger partial charge in [-0.25, -0.2) is 0 Å². The number of anilines is 2. The molecule has 5 heteroatoms. The maximum atomic E-state index is 5.70. The normalized spacial score (nSPS) is 10.5. The van der Waals surface area contributed by atoms with Crippen molar-refractivity contribution in [3.63, 3.8) is 0 Å². The Morgan fingerprint density at radius 3 is 2.85 bits per heavy atom. The molecule has 0 aliphatic carbocycles. The molecule has 0 aromatic carbocycles. The molecular weight excluding hydrogens is 186 g/mol. The van der Waals surface area contributed by atoms with E-state index in [0.29, 0.717) is 17.1 Å². The van der Waals surface area contributed by atoms with Crippen molar-refractivity contribution in [2.24, 2.45) is 0 Å². The molecule has 2 rings (SSSR count). The molecule has 0 bridgehead atoms. The molecule has 0 unspecified atom stereocenters. The van der Waals surface area contributed by atoms with E-state index < -0.39 is 0 Å². The molecule has 0 aliphatic rings. The fourth-order valence-electron chi connectivity index (χ4n) is 1.05. The van der Waals surface area contributed by atoms with E-state index >= 15 is 0 Å². The predicted molar refractivity (Wildman–Crippen MR) is 52.5 cm³/mol. The van der Waals surface area contributed by atoms with E-state index in [1.807, 2.05) is 12.1 Å². The average molecular weight is 195 g/mol. The van der Waals surface area contributed by atoms with Crippen LogP contribution in [0.5, 0.6) is 0 Å². The Bertz CT molecular complexity index is 393. The van der Waals surface area contributed by atoms with Gasteiger partial charge < -0.3 is 15.9 Å². The molecule has 0 radical (unpaired) electrons. The maximum absolute atomic E-state index is 5.70. The third kappa shape index (κ3) is 1.50. The molecule has 2 aromatic rings. The number of furan rings is 1. The van der Waals surface area contributed by atoms with Gasteiger partial charge in [-0.05, 0) is 23.7 Å². The number of nitrogens with zero attached hydrogens (tertiary/aromatic N) is 1. The highest BCUT2D eigenvalue weighted by Gasteiger charge is 2.09. The topological polar surface area (TPSA) is 78.1 Å². The Hall–Kier alpha value is -1.49. The molecule has 0 aliphatic heterocycles. The van der Waals surface area contributed by atoms with E-state index in [1.54, 1.807) is 6.26 Å². The van der Waals surface area contributed by atoms with Crippen LogP contribution >= 0.6 is 11.5 Å². The van der Waals surface area contributed by atoms with Gasteiger partial charge in [-0.1, -0.05) is 0 Å². The highest BCUT2D eigenvalue weighted by molar-refractivity contribution is 7.10. The first kappa shape index (κ1) is 8.12. The molecule has 0 atom stereocenters. The Morgan fingerprint density at radius 1 is 1.46 bits per heavy atom. The summed E-state index contributed by atoms with van der Waals surface area (Å²) in [6.45, 7) is 0. The van der Waals surface area contributed by atoms with Crippen LogP contribution in [0.25, 0.3) is 0 Å². The lowest BCUT2D eigenvalue weighted by Gasteiger charge is -1.94. The van der Waals surface area contributed by atoms with Crippen molar-refractivity contribution in [2.75, 3.05) is 11.5 Å². The largest absolute Gasteiger partial charge is 0.469 e. The molecule has 68 valence electrons. The zero-order chi connectivity index (χ0) is 9.26. The highest BCUT2D eigenvalue weighted by atomic mass is 32.1. The van der Waals surface area contributed by atoms with E-state index in [2.05, 4.69) is 4.37 Å². The van der Waals surface area contributed by atoms with Gasteiger partial charge in [0.25, 0.3) is 0 Å². The number of hydrogen-bond acceptors (Lipinski definition) is 5. The lowest BCUT2D eigenvalue weighted by atomic mass is 10.2. The lowest BCUT2D eigenvalue weighted by Crippen LogP contribution is -1.95. The van der Waals surface area contributed by atoms with Gasteiger partial charge in [0.15, 0.2) is 0 Å². The number of rotatable bonds is 2. The number of hydrogen-bond donors (Lipinski definition) is 2. The summed E-state index contributed by atoms with van der Waals surface area (Å²) in [5.74, 6) is 0.844. The van der Waals surface area contributed by atoms with Gasteiger partial charge in [0.2, 0.25) is 0 Å². The standard InChI is InChI=1S/C8H9N3OS/c9-7-6(11-13-8(7)10)4-5-2-1-3-12-5/h1-3H,4,9-10H2. The van der Waals surface area contributed by atoms with Gasteiger partial charge >= 0.3 is 0 Å². The molecule has 2 aromatic heterocycles. The number of nitrogens with two attached hydrogens (primary N) is 2. The van der Waals surface area contributed by atoms with Gasteiger partial charge in [0.05, 0.1) is 24.1 Å². The van der Waals surface area contributed by atoms with Crippen molar-refractivity contribution in [3.8, 4) is 0 Å². The first-order valence-electron chi connectivity index (χ1n) is 3.79. The predicted octanol–water partition coefficient (Wildman–Crippen LogP) is 1.49. The van der Waals surface area contributed by atoms with Gasteiger partial charge in [0, 0.05) is 0 Å². The third-order valence-corrected chi connectivity index (χ3v) is 2.48. The van der Waals surface area contributed by atoms with Gasteiger partial charge in [-0.15, -0.1) is 0 Å². The Kier molecular flexibility index (Phi) is 1.94. The van der Waals surface area contributed by atoms with Gasteiger partial charge in [-0.3, -0.25) is 0 Å². The first-order valence-corrected chi connectivity index (χ1v) is 4.56. The lowest BCUT2D eigenvalue weighted by molar-refractivity contribution is 0.520. The molecule has 0 fully saturated rings. The minimum atomic E-state index is 0.571. The third-order valence-electron chi connectivity index (χ3n) is 1.75. The summed E-state index contributed by atoms with van der Waals surface area (Å²) >= 11 is 1.21. The fourth-order valence-corrected chi connectivity index (χ4v) is 1.64. The van der Waals surface area contributed by atoms with E-state index in [0.717, 1.165) is 11.5 Å². The fraction of sp³-hybridized carbons (Fsp3) is 0.125. The Morgan fingerprint density at radius 2 is 2.31 bits per heavy atom. The monoisotopic (exact) mass is 195 g/mol. The summed E-state index contributed by atoms with van der Waals surface area (Å²) in [5, 5.41) is 0.571. The summed E-state index contributed by atoms with van der Waals surface area (Å²) in [7, 11) is 0. The minimum Gasteiger partial charge on any atom is -0.469 e. The second-order valence-corrected chi connectivity index (χ2v) is 3.47. The van der Waals surface area contributed by atoms with Crippen molar-refractivity contribution < 1.29 is 4.42 Å². The van der Waals surface area contributed by atoms with Crippen LogP contribution in [-0.2, 0) is 6.42 Å².